The Morgan fingerprint density at radius 1 is 1.19 bits per heavy atom. The number of hydrogen-bond donors (Lipinski definition) is 1. The minimum atomic E-state index is -4.20. The van der Waals surface area contributed by atoms with E-state index in [1.54, 1.807) is 56.8 Å². The maximum absolute atomic E-state index is 13.7. The lowest BCUT2D eigenvalue weighted by Gasteiger charge is -2.47. The summed E-state index contributed by atoms with van der Waals surface area (Å²) in [7, 11) is -0.634. The standard InChI is InChI=1S/C36H47ClN4O6S/c1-6-46-34(43)40(5)30-10-8-18-39(4)35(2,3)33(42)38-48(44,45)27-13-16-32-31(20-27)41(21-25-11-14-28(25)30)22-36(23-47-32)17-7-9-24-19-26(37)12-15-29(24)36/h8,10,12-13,15-16,19-20,25,28,30H,6-7,9,11,14,17-18,21-23H2,1-5H3,(H,38,42)/t25-,28+,30+,36-/m0/s1. The monoisotopic (exact) mass is 698 g/mol. The molecule has 0 radical (unpaired) electrons. The van der Waals surface area contributed by atoms with Crippen LogP contribution in [0.4, 0.5) is 10.5 Å². The molecule has 1 N–H and O–H groups in total. The molecular weight excluding hydrogens is 652 g/mol. The number of amides is 2. The molecule has 0 aromatic heterocycles. The number of ether oxygens (including phenoxy) is 2. The number of rotatable bonds is 2. The Morgan fingerprint density at radius 3 is 2.71 bits per heavy atom. The van der Waals surface area contributed by atoms with E-state index >= 15 is 0 Å². The van der Waals surface area contributed by atoms with Crippen molar-refractivity contribution < 1.29 is 27.5 Å². The number of nitrogens with zero attached hydrogens (tertiary/aromatic N) is 3. The van der Waals surface area contributed by atoms with E-state index < -0.39 is 21.5 Å². The Balaban J connectivity index is 1.46. The second-order valence-electron chi connectivity index (χ2n) is 14.3. The Labute approximate surface area is 289 Å². The number of fused-ring (bicyclic) bond motifs is 4. The van der Waals surface area contributed by atoms with Gasteiger partial charge in [0.1, 0.15) is 5.75 Å². The van der Waals surface area contributed by atoms with Crippen molar-refractivity contribution in [1.82, 2.24) is 14.5 Å². The third-order valence-electron chi connectivity index (χ3n) is 11.1. The molecule has 12 heteroatoms. The fourth-order valence-corrected chi connectivity index (χ4v) is 9.11. The van der Waals surface area contributed by atoms with E-state index in [1.807, 2.05) is 18.2 Å². The van der Waals surface area contributed by atoms with Crippen LogP contribution in [0.5, 0.6) is 5.75 Å². The highest BCUT2D eigenvalue weighted by Crippen LogP contribution is 2.47. The van der Waals surface area contributed by atoms with Crippen LogP contribution in [0.15, 0.2) is 53.4 Å². The molecule has 2 amide bonds. The van der Waals surface area contributed by atoms with E-state index in [4.69, 9.17) is 21.1 Å². The maximum Gasteiger partial charge on any atom is 0.409 e. The molecule has 6 rings (SSSR count). The first kappa shape index (κ1) is 34.6. The number of nitrogens with one attached hydrogen (secondary N) is 1. The number of anilines is 1. The number of aryl methyl sites for hydroxylation is 1. The molecule has 48 heavy (non-hydrogen) atoms. The molecule has 0 unspecified atom stereocenters. The summed E-state index contributed by atoms with van der Waals surface area (Å²) in [6.07, 6.45) is 8.38. The molecular formula is C36H47ClN4O6S. The third-order valence-corrected chi connectivity index (χ3v) is 12.7. The zero-order valence-electron chi connectivity index (χ0n) is 28.5. The first-order valence-electron chi connectivity index (χ1n) is 16.9. The van der Waals surface area contributed by atoms with Crippen LogP contribution < -0.4 is 14.4 Å². The zero-order valence-corrected chi connectivity index (χ0v) is 30.1. The summed E-state index contributed by atoms with van der Waals surface area (Å²) < 4.78 is 41.8. The van der Waals surface area contributed by atoms with E-state index in [9.17, 15) is 18.0 Å². The largest absolute Gasteiger partial charge is 0.490 e. The first-order chi connectivity index (χ1) is 22.8. The van der Waals surface area contributed by atoms with Gasteiger partial charge in [0, 0.05) is 37.1 Å². The predicted octanol–water partition coefficient (Wildman–Crippen LogP) is 5.38. The summed E-state index contributed by atoms with van der Waals surface area (Å²) in [5, 5.41) is 0.710. The quantitative estimate of drug-likeness (QED) is 0.417. The Bertz CT molecular complexity index is 1710. The number of carbonyl (C=O) groups is 2. The number of benzene rings is 2. The van der Waals surface area contributed by atoms with Crippen LogP contribution in [0.2, 0.25) is 5.02 Å². The van der Waals surface area contributed by atoms with Crippen molar-refractivity contribution in [3.63, 3.8) is 0 Å². The van der Waals surface area contributed by atoms with Gasteiger partial charge in [0.25, 0.3) is 15.9 Å². The van der Waals surface area contributed by atoms with Gasteiger partial charge in [-0.15, -0.1) is 0 Å². The van der Waals surface area contributed by atoms with Gasteiger partial charge in [-0.25, -0.2) is 17.9 Å². The van der Waals surface area contributed by atoms with E-state index in [-0.39, 0.29) is 40.9 Å². The second kappa shape index (κ2) is 13.2. The van der Waals surface area contributed by atoms with Gasteiger partial charge in [-0.1, -0.05) is 29.8 Å². The smallest absolute Gasteiger partial charge is 0.409 e. The maximum atomic E-state index is 13.7. The SMILES string of the molecule is CCOC(=O)N(C)[C@@H]1C=CCN(C)C(C)(C)C(=O)NS(=O)(=O)c2ccc3c(c2)N(C[C@@H]2CC[C@H]21)C[C@@]1(CCCc2cc(Cl)ccc21)CO3. The molecule has 1 spiro atoms. The molecule has 0 saturated heterocycles. The minimum absolute atomic E-state index is 0.00509. The van der Waals surface area contributed by atoms with Crippen LogP contribution in [-0.2, 0) is 31.4 Å². The molecule has 10 nitrogen and oxygen atoms in total. The van der Waals surface area contributed by atoms with Crippen molar-refractivity contribution in [2.45, 2.75) is 74.8 Å². The lowest BCUT2D eigenvalue weighted by Crippen LogP contribution is -2.54. The van der Waals surface area contributed by atoms with Crippen molar-refractivity contribution in [3.8, 4) is 5.75 Å². The van der Waals surface area contributed by atoms with Crippen LogP contribution in [0.3, 0.4) is 0 Å². The molecule has 1 saturated carbocycles. The van der Waals surface area contributed by atoms with E-state index in [0.717, 1.165) is 32.1 Å². The zero-order chi connectivity index (χ0) is 34.4. The normalized spacial score (nSPS) is 28.2. The van der Waals surface area contributed by atoms with Gasteiger partial charge in [-0.2, -0.15) is 0 Å². The molecule has 260 valence electrons. The van der Waals surface area contributed by atoms with E-state index in [2.05, 4.69) is 21.8 Å². The summed E-state index contributed by atoms with van der Waals surface area (Å²) >= 11 is 6.43. The van der Waals surface area contributed by atoms with Crippen LogP contribution in [0.25, 0.3) is 0 Å². The van der Waals surface area contributed by atoms with Crippen molar-refractivity contribution in [2.75, 3.05) is 51.8 Å². The molecule has 2 aliphatic heterocycles. The first-order valence-corrected chi connectivity index (χ1v) is 18.8. The van der Waals surface area contributed by atoms with Crippen molar-refractivity contribution in [1.29, 1.82) is 0 Å². The van der Waals surface area contributed by atoms with Crippen molar-refractivity contribution in [2.24, 2.45) is 11.8 Å². The summed E-state index contributed by atoms with van der Waals surface area (Å²) in [6.45, 7) is 7.56. The highest BCUT2D eigenvalue weighted by Gasteiger charge is 2.45. The highest BCUT2D eigenvalue weighted by atomic mass is 35.5. The molecule has 2 heterocycles. The molecule has 4 aliphatic rings. The summed E-state index contributed by atoms with van der Waals surface area (Å²) in [5.41, 5.74) is 1.64. The molecule has 4 atom stereocenters. The Kier molecular flexibility index (Phi) is 9.52. The number of likely N-dealkylation sites (N-methyl/N-ethyl adjacent to an activating group) is 2. The number of hydrogen-bond acceptors (Lipinski definition) is 8. The topological polar surface area (TPSA) is 108 Å². The summed E-state index contributed by atoms with van der Waals surface area (Å²) in [5.74, 6) is 0.340. The van der Waals surface area contributed by atoms with Crippen LogP contribution in [0.1, 0.15) is 57.6 Å². The lowest BCUT2D eigenvalue weighted by molar-refractivity contribution is -0.128. The predicted molar refractivity (Wildman–Crippen MR) is 186 cm³/mol. The van der Waals surface area contributed by atoms with Gasteiger partial charge in [0.05, 0.1) is 35.4 Å². The molecule has 2 bridgehead atoms. The van der Waals surface area contributed by atoms with Crippen molar-refractivity contribution >= 4 is 39.3 Å². The van der Waals surface area contributed by atoms with Crippen molar-refractivity contribution in [3.05, 3.63) is 64.7 Å². The number of halogens is 1. The Morgan fingerprint density at radius 2 is 1.98 bits per heavy atom. The Hall–Kier alpha value is -3.28. The molecule has 2 aliphatic carbocycles. The van der Waals surface area contributed by atoms with Gasteiger partial charge >= 0.3 is 6.09 Å². The molecule has 1 fully saturated rings. The summed E-state index contributed by atoms with van der Waals surface area (Å²) in [6, 6.07) is 10.8. The summed E-state index contributed by atoms with van der Waals surface area (Å²) in [4.78, 5) is 32.3. The van der Waals surface area contributed by atoms with E-state index in [1.165, 1.54) is 17.2 Å². The lowest BCUT2D eigenvalue weighted by atomic mass is 9.67. The number of carbonyl (C=O) groups excluding carboxylic acids is 2. The average molecular weight is 699 g/mol. The minimum Gasteiger partial charge on any atom is -0.490 e. The van der Waals surface area contributed by atoms with E-state index in [0.29, 0.717) is 42.7 Å². The van der Waals surface area contributed by atoms with Gasteiger partial charge < -0.3 is 19.3 Å². The van der Waals surface area contributed by atoms with Crippen LogP contribution in [-0.4, -0.2) is 88.7 Å². The van der Waals surface area contributed by atoms with Gasteiger partial charge in [-0.05, 0) is 113 Å². The molecule has 2 aromatic carbocycles. The van der Waals surface area contributed by atoms with Gasteiger partial charge in [0.15, 0.2) is 0 Å². The van der Waals surface area contributed by atoms with Gasteiger partial charge in [-0.3, -0.25) is 9.69 Å². The number of sulfonamides is 1. The average Bonchev–Trinajstić information content (AvgIpc) is 3.18. The fourth-order valence-electron chi connectivity index (χ4n) is 7.79. The fraction of sp³-hybridized carbons (Fsp3) is 0.556. The highest BCUT2D eigenvalue weighted by molar-refractivity contribution is 7.90. The molecule has 2 aromatic rings. The van der Waals surface area contributed by atoms with Crippen LogP contribution in [0, 0.1) is 11.8 Å². The van der Waals surface area contributed by atoms with Gasteiger partial charge in [0.2, 0.25) is 0 Å². The third kappa shape index (κ3) is 6.41. The second-order valence-corrected chi connectivity index (χ2v) is 16.5. The van der Waals surface area contributed by atoms with Crippen LogP contribution >= 0.6 is 11.6 Å².